The molecule has 0 bridgehead atoms. The van der Waals surface area contributed by atoms with Gasteiger partial charge in [-0.25, -0.2) is 4.79 Å². The zero-order valence-corrected chi connectivity index (χ0v) is 11.1. The SMILES string of the molecule is COC(=O)CNC(=O)N1CCCC(CCC(=O)O)C1. The number of esters is 1. The van der Waals surface area contributed by atoms with Crippen molar-refractivity contribution in [3.05, 3.63) is 0 Å². The number of carbonyl (C=O) groups excluding carboxylic acids is 2. The number of aliphatic carboxylic acids is 1. The number of ether oxygens (including phenoxy) is 1. The van der Waals surface area contributed by atoms with Crippen molar-refractivity contribution in [2.24, 2.45) is 5.92 Å². The summed E-state index contributed by atoms with van der Waals surface area (Å²) in [4.78, 5) is 34.9. The summed E-state index contributed by atoms with van der Waals surface area (Å²) >= 11 is 0. The van der Waals surface area contributed by atoms with Crippen LogP contribution in [0.4, 0.5) is 4.79 Å². The maximum absolute atomic E-state index is 11.8. The second-order valence-electron chi connectivity index (χ2n) is 4.62. The van der Waals surface area contributed by atoms with Crippen molar-refractivity contribution in [1.29, 1.82) is 0 Å². The van der Waals surface area contributed by atoms with Crippen molar-refractivity contribution >= 4 is 18.0 Å². The zero-order valence-electron chi connectivity index (χ0n) is 11.1. The topological polar surface area (TPSA) is 95.9 Å². The summed E-state index contributed by atoms with van der Waals surface area (Å²) in [6, 6.07) is -0.301. The normalized spacial score (nSPS) is 18.8. The maximum atomic E-state index is 11.8. The lowest BCUT2D eigenvalue weighted by Gasteiger charge is -2.32. The van der Waals surface area contributed by atoms with E-state index >= 15 is 0 Å². The molecule has 108 valence electrons. The molecule has 7 heteroatoms. The Balaban J connectivity index is 2.34. The Labute approximate surface area is 111 Å². The van der Waals surface area contributed by atoms with E-state index in [9.17, 15) is 14.4 Å². The molecule has 19 heavy (non-hydrogen) atoms. The average molecular weight is 272 g/mol. The van der Waals surface area contributed by atoms with Crippen LogP contribution in [-0.4, -0.2) is 54.7 Å². The van der Waals surface area contributed by atoms with Gasteiger partial charge in [0.2, 0.25) is 0 Å². The monoisotopic (exact) mass is 272 g/mol. The van der Waals surface area contributed by atoms with Gasteiger partial charge in [-0.05, 0) is 25.2 Å². The van der Waals surface area contributed by atoms with E-state index in [0.29, 0.717) is 19.5 Å². The van der Waals surface area contributed by atoms with E-state index in [4.69, 9.17) is 5.11 Å². The van der Waals surface area contributed by atoms with Crippen LogP contribution >= 0.6 is 0 Å². The molecule has 2 N–H and O–H groups in total. The van der Waals surface area contributed by atoms with Gasteiger partial charge in [-0.2, -0.15) is 0 Å². The zero-order chi connectivity index (χ0) is 14.3. The molecule has 1 unspecified atom stereocenters. The number of methoxy groups -OCH3 is 1. The van der Waals surface area contributed by atoms with Crippen molar-refractivity contribution in [2.45, 2.75) is 25.7 Å². The summed E-state index contributed by atoms with van der Waals surface area (Å²) < 4.78 is 4.44. The first kappa shape index (κ1) is 15.3. The van der Waals surface area contributed by atoms with Crippen LogP contribution in [0.15, 0.2) is 0 Å². The number of rotatable bonds is 5. The number of hydrogen-bond acceptors (Lipinski definition) is 4. The average Bonchev–Trinajstić information content (AvgIpc) is 2.42. The lowest BCUT2D eigenvalue weighted by atomic mass is 9.93. The molecule has 0 aliphatic carbocycles. The van der Waals surface area contributed by atoms with Gasteiger partial charge < -0.3 is 20.1 Å². The third-order valence-electron chi connectivity index (χ3n) is 3.18. The first-order valence-corrected chi connectivity index (χ1v) is 6.34. The molecule has 7 nitrogen and oxygen atoms in total. The second-order valence-corrected chi connectivity index (χ2v) is 4.62. The molecule has 1 saturated heterocycles. The van der Waals surface area contributed by atoms with Crippen LogP contribution in [0.1, 0.15) is 25.7 Å². The molecule has 0 aromatic carbocycles. The molecule has 0 radical (unpaired) electrons. The number of hydrogen-bond donors (Lipinski definition) is 2. The Hall–Kier alpha value is -1.79. The maximum Gasteiger partial charge on any atom is 0.325 e. The number of carboxylic acids is 1. The molecule has 0 aromatic rings. The summed E-state index contributed by atoms with van der Waals surface area (Å²) in [6.45, 7) is 1.03. The fraction of sp³-hybridized carbons (Fsp3) is 0.750. The minimum absolute atomic E-state index is 0.127. The predicted octanol–water partition coefficient (Wildman–Crippen LogP) is 0.446. The third-order valence-corrected chi connectivity index (χ3v) is 3.18. The number of amides is 2. The third kappa shape index (κ3) is 5.58. The van der Waals surface area contributed by atoms with Crippen molar-refractivity contribution in [3.63, 3.8) is 0 Å². The standard InChI is InChI=1S/C12H20N2O5/c1-19-11(17)7-13-12(18)14-6-2-3-9(8-14)4-5-10(15)16/h9H,2-8H2,1H3,(H,13,18)(H,15,16). The first-order chi connectivity index (χ1) is 9.02. The van der Waals surface area contributed by atoms with Crippen molar-refractivity contribution in [2.75, 3.05) is 26.7 Å². The van der Waals surface area contributed by atoms with Crippen LogP contribution in [-0.2, 0) is 14.3 Å². The van der Waals surface area contributed by atoms with Gasteiger partial charge in [-0.3, -0.25) is 9.59 Å². The van der Waals surface area contributed by atoms with Crippen molar-refractivity contribution < 1.29 is 24.2 Å². The fourth-order valence-corrected chi connectivity index (χ4v) is 2.14. The minimum Gasteiger partial charge on any atom is -0.481 e. The molecule has 1 aliphatic heterocycles. The Kier molecular flexibility index (Phi) is 6.11. The molecule has 1 fully saturated rings. The minimum atomic E-state index is -0.813. The van der Waals surface area contributed by atoms with E-state index in [1.54, 1.807) is 4.90 Å². The van der Waals surface area contributed by atoms with Gasteiger partial charge in [0.05, 0.1) is 7.11 Å². The Bertz CT molecular complexity index is 345. The van der Waals surface area contributed by atoms with Crippen LogP contribution in [0.25, 0.3) is 0 Å². The molecule has 0 aromatic heterocycles. The largest absolute Gasteiger partial charge is 0.481 e. The van der Waals surface area contributed by atoms with Crippen LogP contribution < -0.4 is 5.32 Å². The number of urea groups is 1. The Morgan fingerprint density at radius 2 is 2.16 bits per heavy atom. The summed E-state index contributed by atoms with van der Waals surface area (Å²) in [7, 11) is 1.26. The lowest BCUT2D eigenvalue weighted by molar-refractivity contribution is -0.139. The second kappa shape index (κ2) is 7.60. The molecule has 1 atom stereocenters. The highest BCUT2D eigenvalue weighted by Gasteiger charge is 2.24. The van der Waals surface area contributed by atoms with E-state index < -0.39 is 11.9 Å². The van der Waals surface area contributed by atoms with Gasteiger partial charge in [-0.1, -0.05) is 0 Å². The van der Waals surface area contributed by atoms with Crippen LogP contribution in [0.3, 0.4) is 0 Å². The first-order valence-electron chi connectivity index (χ1n) is 6.34. The Morgan fingerprint density at radius 3 is 2.79 bits per heavy atom. The van der Waals surface area contributed by atoms with Gasteiger partial charge in [0.15, 0.2) is 0 Å². The van der Waals surface area contributed by atoms with Crippen LogP contribution in [0, 0.1) is 5.92 Å². The van der Waals surface area contributed by atoms with Crippen LogP contribution in [0.5, 0.6) is 0 Å². The molecule has 1 heterocycles. The lowest BCUT2D eigenvalue weighted by Crippen LogP contribution is -2.46. The van der Waals surface area contributed by atoms with Crippen LogP contribution in [0.2, 0.25) is 0 Å². The van der Waals surface area contributed by atoms with E-state index in [-0.39, 0.29) is 24.9 Å². The summed E-state index contributed by atoms with van der Waals surface area (Å²) in [5, 5.41) is 11.1. The molecule has 0 saturated carbocycles. The number of piperidine rings is 1. The number of nitrogens with zero attached hydrogens (tertiary/aromatic N) is 1. The molecular weight excluding hydrogens is 252 g/mol. The van der Waals surface area contributed by atoms with Gasteiger partial charge in [-0.15, -0.1) is 0 Å². The van der Waals surface area contributed by atoms with Crippen molar-refractivity contribution in [1.82, 2.24) is 10.2 Å². The molecule has 0 spiro atoms. The Morgan fingerprint density at radius 1 is 1.42 bits per heavy atom. The van der Waals surface area contributed by atoms with Gasteiger partial charge in [0.1, 0.15) is 6.54 Å². The van der Waals surface area contributed by atoms with Gasteiger partial charge in [0, 0.05) is 19.5 Å². The number of carbonyl (C=O) groups is 3. The fourth-order valence-electron chi connectivity index (χ4n) is 2.14. The van der Waals surface area contributed by atoms with E-state index in [2.05, 4.69) is 10.1 Å². The molecule has 2 amide bonds. The quantitative estimate of drug-likeness (QED) is 0.708. The predicted molar refractivity (Wildman–Crippen MR) is 66.6 cm³/mol. The van der Waals surface area contributed by atoms with Gasteiger partial charge >= 0.3 is 18.0 Å². The molecular formula is C12H20N2O5. The number of carboxylic acid groups (broad SMARTS) is 1. The smallest absolute Gasteiger partial charge is 0.325 e. The highest BCUT2D eigenvalue weighted by atomic mass is 16.5. The molecule has 1 rings (SSSR count). The van der Waals surface area contributed by atoms with E-state index in [1.807, 2.05) is 0 Å². The van der Waals surface area contributed by atoms with E-state index in [0.717, 1.165) is 12.8 Å². The number of likely N-dealkylation sites (tertiary alicyclic amines) is 1. The highest BCUT2D eigenvalue weighted by Crippen LogP contribution is 2.20. The summed E-state index contributed by atoms with van der Waals surface area (Å²) in [6.07, 6.45) is 2.50. The van der Waals surface area contributed by atoms with E-state index in [1.165, 1.54) is 7.11 Å². The molecule has 1 aliphatic rings. The highest BCUT2D eigenvalue weighted by molar-refractivity contribution is 5.80. The van der Waals surface area contributed by atoms with Gasteiger partial charge in [0.25, 0.3) is 0 Å². The van der Waals surface area contributed by atoms with Crippen molar-refractivity contribution in [3.8, 4) is 0 Å². The summed E-state index contributed by atoms with van der Waals surface area (Å²) in [5.74, 6) is -1.09. The summed E-state index contributed by atoms with van der Waals surface area (Å²) in [5.41, 5.74) is 0. The number of nitrogens with one attached hydrogen (secondary N) is 1.